The molecule has 0 radical (unpaired) electrons. The number of nitrogens with one attached hydrogen (secondary N) is 5. The van der Waals surface area contributed by atoms with Crippen LogP contribution in [0.5, 0.6) is 0 Å². The second kappa shape index (κ2) is 16.1. The van der Waals surface area contributed by atoms with Gasteiger partial charge in [-0.25, -0.2) is 0 Å². The third kappa shape index (κ3) is 11.0. The number of guanidine groups is 1. The van der Waals surface area contributed by atoms with Crippen molar-refractivity contribution >= 4 is 54.1 Å². The zero-order chi connectivity index (χ0) is 30.5. The molecule has 0 spiro atoms. The van der Waals surface area contributed by atoms with Crippen molar-refractivity contribution in [1.29, 1.82) is 0 Å². The lowest BCUT2D eigenvalue weighted by molar-refractivity contribution is -0.141. The van der Waals surface area contributed by atoms with E-state index in [4.69, 9.17) is 11.5 Å². The highest BCUT2D eigenvalue weighted by Crippen LogP contribution is 2.07. The van der Waals surface area contributed by atoms with E-state index in [0.717, 1.165) is 0 Å². The lowest BCUT2D eigenvalue weighted by Gasteiger charge is -2.25. The van der Waals surface area contributed by atoms with Crippen LogP contribution in [0.15, 0.2) is 35.3 Å². The Kier molecular flexibility index (Phi) is 12.9. The second-order valence-corrected chi connectivity index (χ2v) is 9.76. The summed E-state index contributed by atoms with van der Waals surface area (Å²) < 4.78 is 0. The van der Waals surface area contributed by atoms with E-state index in [0.29, 0.717) is 5.56 Å². The Hall–Kier alpha value is -4.34. The van der Waals surface area contributed by atoms with Gasteiger partial charge >= 0.3 is 5.97 Å². The van der Waals surface area contributed by atoms with Crippen LogP contribution in [0.3, 0.4) is 0 Å². The van der Waals surface area contributed by atoms with Crippen LogP contribution >= 0.6 is 12.6 Å². The van der Waals surface area contributed by atoms with Crippen molar-refractivity contribution in [1.82, 2.24) is 26.6 Å². The summed E-state index contributed by atoms with van der Waals surface area (Å²) in [7, 11) is 0. The minimum Gasteiger partial charge on any atom is -0.481 e. The lowest BCUT2D eigenvalue weighted by Crippen LogP contribution is -2.58. The van der Waals surface area contributed by atoms with Gasteiger partial charge in [-0.1, -0.05) is 30.3 Å². The van der Waals surface area contributed by atoms with Crippen LogP contribution in [0.1, 0.15) is 31.7 Å². The number of aliphatic carboxylic acids is 1. The molecule has 5 atom stereocenters. The molecular weight excluding hydrogens is 556 g/mol. The molecule has 1 heterocycles. The average Bonchev–Trinajstić information content (AvgIpc) is 2.91. The predicted octanol–water partition coefficient (Wildman–Crippen LogP) is -2.86. The summed E-state index contributed by atoms with van der Waals surface area (Å²) in [6, 6.07) is 2.31. The SMILES string of the molecule is C[C@@H]1NC(=O)[C@H](CCCN=C(N)N)NC(=O)[C@H](CS)NC(=O)[C@@H](Cc2ccccc2)NC(=O)[C@@H](CC(=O)O)NC1=O. The maximum Gasteiger partial charge on any atom is 0.305 e. The predicted molar refractivity (Wildman–Crippen MR) is 151 cm³/mol. The number of carboxylic acids is 1. The van der Waals surface area contributed by atoms with Crippen LogP contribution < -0.4 is 38.1 Å². The van der Waals surface area contributed by atoms with Crippen molar-refractivity contribution in [2.24, 2.45) is 16.5 Å². The smallest absolute Gasteiger partial charge is 0.305 e. The molecule has 1 saturated heterocycles. The first-order valence-electron chi connectivity index (χ1n) is 12.8. The van der Waals surface area contributed by atoms with E-state index in [2.05, 4.69) is 44.2 Å². The van der Waals surface area contributed by atoms with Crippen molar-refractivity contribution in [3.63, 3.8) is 0 Å². The molecule has 15 nitrogen and oxygen atoms in total. The Morgan fingerprint density at radius 3 is 1.98 bits per heavy atom. The van der Waals surface area contributed by atoms with Gasteiger partial charge in [0.25, 0.3) is 0 Å². The van der Waals surface area contributed by atoms with Crippen LogP contribution in [0.25, 0.3) is 0 Å². The summed E-state index contributed by atoms with van der Waals surface area (Å²) in [5.74, 6) is -5.67. The lowest BCUT2D eigenvalue weighted by atomic mass is 10.0. The summed E-state index contributed by atoms with van der Waals surface area (Å²) in [5, 5.41) is 21.7. The molecule has 0 bridgehead atoms. The fourth-order valence-corrected chi connectivity index (χ4v) is 4.16. The van der Waals surface area contributed by atoms with Gasteiger partial charge in [0.2, 0.25) is 29.5 Å². The molecule has 1 fully saturated rings. The Morgan fingerprint density at radius 1 is 0.829 bits per heavy atom. The van der Waals surface area contributed by atoms with Gasteiger partial charge in [0.05, 0.1) is 6.42 Å². The first kappa shape index (κ1) is 32.9. The van der Waals surface area contributed by atoms with Gasteiger partial charge in [-0.05, 0) is 25.3 Å². The first-order valence-corrected chi connectivity index (χ1v) is 13.5. The minimum absolute atomic E-state index is 0.00305. The molecule has 41 heavy (non-hydrogen) atoms. The second-order valence-electron chi connectivity index (χ2n) is 9.39. The molecule has 2 rings (SSSR count). The maximum absolute atomic E-state index is 13.3. The van der Waals surface area contributed by atoms with Gasteiger partial charge < -0.3 is 43.2 Å². The fraction of sp³-hybridized carbons (Fsp3) is 0.480. The highest BCUT2D eigenvalue weighted by molar-refractivity contribution is 7.80. The summed E-state index contributed by atoms with van der Waals surface area (Å²) in [4.78, 5) is 80.8. The Morgan fingerprint density at radius 2 is 1.37 bits per heavy atom. The van der Waals surface area contributed by atoms with Crippen LogP contribution in [0.4, 0.5) is 0 Å². The first-order chi connectivity index (χ1) is 19.4. The van der Waals surface area contributed by atoms with E-state index in [1.54, 1.807) is 30.3 Å². The number of hydrogen-bond donors (Lipinski definition) is 9. The molecule has 1 aromatic rings. The van der Waals surface area contributed by atoms with Crippen LogP contribution in [0, 0.1) is 0 Å². The average molecular weight is 593 g/mol. The molecule has 0 aromatic heterocycles. The number of benzene rings is 1. The number of nitrogens with zero attached hydrogens (tertiary/aromatic N) is 1. The van der Waals surface area contributed by atoms with E-state index >= 15 is 0 Å². The van der Waals surface area contributed by atoms with E-state index in [9.17, 15) is 33.9 Å². The number of carboxylic acid groups (broad SMARTS) is 1. The standard InChI is InChI=1S/C25H36N8O7S/c1-13-20(36)31-17(11-19(34)35)23(39)32-16(10-14-6-3-2-4-7-14)22(38)33-18(12-41)24(40)30-15(21(37)29-13)8-5-9-28-25(26)27/h2-4,6-7,13,15-18,41H,5,8-12H2,1H3,(H,29,37)(H,30,40)(H,31,36)(H,32,39)(H,33,38)(H,34,35)(H4,26,27,28)/t13-,15-,16+,17+,18-/m0/s1. The van der Waals surface area contributed by atoms with Crippen molar-refractivity contribution in [2.75, 3.05) is 12.3 Å². The van der Waals surface area contributed by atoms with E-state index in [1.165, 1.54) is 6.92 Å². The van der Waals surface area contributed by atoms with Gasteiger partial charge in [0.1, 0.15) is 30.2 Å². The number of hydrogen-bond acceptors (Lipinski definition) is 8. The molecule has 1 aromatic carbocycles. The third-order valence-corrected chi connectivity index (χ3v) is 6.44. The molecule has 1 aliphatic rings. The van der Waals surface area contributed by atoms with Crippen molar-refractivity contribution in [3.05, 3.63) is 35.9 Å². The van der Waals surface area contributed by atoms with Gasteiger partial charge in [-0.15, -0.1) is 0 Å². The van der Waals surface area contributed by atoms with Crippen molar-refractivity contribution < 1.29 is 33.9 Å². The zero-order valence-corrected chi connectivity index (χ0v) is 23.4. The highest BCUT2D eigenvalue weighted by atomic mass is 32.1. The Labute approximate surface area is 242 Å². The highest BCUT2D eigenvalue weighted by Gasteiger charge is 2.34. The van der Waals surface area contributed by atoms with Crippen LogP contribution in [0.2, 0.25) is 0 Å². The normalized spacial score (nSPS) is 24.3. The molecule has 5 amide bonds. The minimum atomic E-state index is -1.56. The van der Waals surface area contributed by atoms with Crippen molar-refractivity contribution in [3.8, 4) is 0 Å². The van der Waals surface area contributed by atoms with E-state index in [-0.39, 0.29) is 37.5 Å². The van der Waals surface area contributed by atoms with Gasteiger partial charge in [0.15, 0.2) is 5.96 Å². The number of rotatable bonds is 9. The van der Waals surface area contributed by atoms with Crippen LogP contribution in [-0.4, -0.2) is 89.1 Å². The summed E-state index contributed by atoms with van der Waals surface area (Å²) in [5.41, 5.74) is 11.3. The zero-order valence-electron chi connectivity index (χ0n) is 22.5. The van der Waals surface area contributed by atoms with Gasteiger partial charge in [-0.2, -0.15) is 12.6 Å². The summed E-state index contributed by atoms with van der Waals surface area (Å²) in [6.07, 6.45) is -0.428. The number of nitrogens with two attached hydrogens (primary N) is 2. The molecular formula is C25H36N8O7S. The van der Waals surface area contributed by atoms with Gasteiger partial charge in [-0.3, -0.25) is 33.8 Å². The third-order valence-electron chi connectivity index (χ3n) is 6.07. The molecule has 0 aliphatic carbocycles. The number of carbonyl (C=O) groups is 6. The molecule has 0 saturated carbocycles. The monoisotopic (exact) mass is 592 g/mol. The molecule has 16 heteroatoms. The Bertz CT molecular complexity index is 1150. The molecule has 0 unspecified atom stereocenters. The van der Waals surface area contributed by atoms with Crippen LogP contribution in [-0.2, 0) is 35.2 Å². The quantitative estimate of drug-likeness (QED) is 0.0618. The molecule has 1 aliphatic heterocycles. The topological polar surface area (TPSA) is 247 Å². The Balaban J connectivity index is 2.43. The fourth-order valence-electron chi connectivity index (χ4n) is 3.90. The van der Waals surface area contributed by atoms with E-state index < -0.39 is 72.1 Å². The number of thiol groups is 1. The summed E-state index contributed by atoms with van der Waals surface area (Å²) in [6.45, 7) is 1.50. The van der Waals surface area contributed by atoms with Gasteiger partial charge in [0, 0.05) is 18.7 Å². The molecule has 224 valence electrons. The summed E-state index contributed by atoms with van der Waals surface area (Å²) >= 11 is 4.17. The number of amides is 5. The number of aliphatic imine (C=N–C) groups is 1. The maximum atomic E-state index is 13.3. The molecule has 10 N–H and O–H groups in total. The van der Waals surface area contributed by atoms with E-state index in [1.807, 2.05) is 0 Å². The van der Waals surface area contributed by atoms with Crippen molar-refractivity contribution in [2.45, 2.75) is 62.8 Å². The largest absolute Gasteiger partial charge is 0.481 e. The number of carbonyl (C=O) groups excluding carboxylic acids is 5.